The molecule has 0 bridgehead atoms. The van der Waals surface area contributed by atoms with E-state index in [2.05, 4.69) is 52.4 Å². The summed E-state index contributed by atoms with van der Waals surface area (Å²) in [6.45, 7) is 0.788. The van der Waals surface area contributed by atoms with Crippen LogP contribution in [0.3, 0.4) is 0 Å². The standard InChI is InChI=1S/C27H30N4OS/c32-25-9-5-4-8-21(25)29-27-30-22-12-10-18(14-26(22)33-27)16-31-17-28-23-15-20(11-13-24(23)31)19-6-2-1-3-7-19/h6,10-15,17,21,25,32H,1-5,7-9,16H2,(H,29,30)/t21-,25-/m1/s1. The Balaban J connectivity index is 1.22. The van der Waals surface area contributed by atoms with E-state index in [9.17, 15) is 5.11 Å². The Labute approximate surface area is 198 Å². The molecule has 2 aromatic carbocycles. The van der Waals surface area contributed by atoms with Crippen molar-refractivity contribution in [1.82, 2.24) is 14.5 Å². The number of hydrogen-bond donors (Lipinski definition) is 2. The zero-order valence-electron chi connectivity index (χ0n) is 18.8. The molecule has 2 atom stereocenters. The quantitative estimate of drug-likeness (QED) is 0.365. The van der Waals surface area contributed by atoms with Crippen LogP contribution in [0.5, 0.6) is 0 Å². The van der Waals surface area contributed by atoms with Crippen molar-refractivity contribution in [1.29, 1.82) is 0 Å². The Morgan fingerprint density at radius 2 is 1.97 bits per heavy atom. The maximum Gasteiger partial charge on any atom is 0.184 e. The molecule has 2 N–H and O–H groups in total. The number of nitrogens with one attached hydrogen (secondary N) is 1. The summed E-state index contributed by atoms with van der Waals surface area (Å²) in [5.41, 5.74) is 7.29. The molecule has 0 unspecified atom stereocenters. The van der Waals surface area contributed by atoms with Gasteiger partial charge in [-0.05, 0) is 79.5 Å². The Kier molecular flexibility index (Phi) is 5.64. The highest BCUT2D eigenvalue weighted by Gasteiger charge is 2.23. The summed E-state index contributed by atoms with van der Waals surface area (Å²) in [7, 11) is 0. The Bertz CT molecular complexity index is 1320. The van der Waals surface area contributed by atoms with Crippen molar-refractivity contribution in [3.05, 3.63) is 59.9 Å². The van der Waals surface area contributed by atoms with Gasteiger partial charge in [-0.1, -0.05) is 42.4 Å². The highest BCUT2D eigenvalue weighted by atomic mass is 32.1. The molecule has 4 aromatic rings. The van der Waals surface area contributed by atoms with Crippen molar-refractivity contribution in [2.75, 3.05) is 5.32 Å². The number of hydrogen-bond acceptors (Lipinski definition) is 5. The van der Waals surface area contributed by atoms with Gasteiger partial charge in [-0.25, -0.2) is 9.97 Å². The third kappa shape index (κ3) is 4.30. The summed E-state index contributed by atoms with van der Waals surface area (Å²) in [6, 6.07) is 13.3. The Morgan fingerprint density at radius 1 is 1.03 bits per heavy atom. The van der Waals surface area contributed by atoms with Crippen molar-refractivity contribution in [3.63, 3.8) is 0 Å². The van der Waals surface area contributed by atoms with Crippen molar-refractivity contribution in [2.45, 2.75) is 70.1 Å². The van der Waals surface area contributed by atoms with Gasteiger partial charge in [0.2, 0.25) is 0 Å². The van der Waals surface area contributed by atoms with Crippen molar-refractivity contribution in [3.8, 4) is 0 Å². The lowest BCUT2D eigenvalue weighted by Gasteiger charge is -2.27. The molecule has 170 valence electrons. The van der Waals surface area contributed by atoms with Crippen LogP contribution in [0.25, 0.3) is 26.8 Å². The first kappa shape index (κ1) is 20.9. The van der Waals surface area contributed by atoms with E-state index in [1.165, 1.54) is 59.0 Å². The second-order valence-electron chi connectivity index (χ2n) is 9.47. The normalized spacial score (nSPS) is 21.4. The molecule has 5 nitrogen and oxygen atoms in total. The van der Waals surface area contributed by atoms with Crippen LogP contribution in [-0.4, -0.2) is 31.8 Å². The molecule has 6 rings (SSSR count). The maximum absolute atomic E-state index is 10.3. The Hall–Kier alpha value is -2.70. The predicted molar refractivity (Wildman–Crippen MR) is 137 cm³/mol. The number of fused-ring (bicyclic) bond motifs is 2. The first-order valence-electron chi connectivity index (χ1n) is 12.2. The topological polar surface area (TPSA) is 63.0 Å². The lowest BCUT2D eigenvalue weighted by molar-refractivity contribution is 0.116. The van der Waals surface area contributed by atoms with Gasteiger partial charge >= 0.3 is 0 Å². The van der Waals surface area contributed by atoms with E-state index in [-0.39, 0.29) is 12.1 Å². The van der Waals surface area contributed by atoms with Gasteiger partial charge in [0.1, 0.15) is 0 Å². The van der Waals surface area contributed by atoms with E-state index in [0.29, 0.717) is 0 Å². The van der Waals surface area contributed by atoms with E-state index in [1.54, 1.807) is 11.3 Å². The lowest BCUT2D eigenvalue weighted by Crippen LogP contribution is -2.36. The maximum atomic E-state index is 10.3. The summed E-state index contributed by atoms with van der Waals surface area (Å²) < 4.78 is 3.41. The number of imidazole rings is 1. The van der Waals surface area contributed by atoms with Crippen LogP contribution in [0.15, 0.2) is 48.8 Å². The zero-order chi connectivity index (χ0) is 22.2. The minimum Gasteiger partial charge on any atom is -0.391 e. The number of aromatic nitrogens is 3. The average molecular weight is 459 g/mol. The monoisotopic (exact) mass is 458 g/mol. The first-order chi connectivity index (χ1) is 16.2. The van der Waals surface area contributed by atoms with Gasteiger partial charge in [0.15, 0.2) is 5.13 Å². The van der Waals surface area contributed by atoms with E-state index in [1.807, 2.05) is 6.33 Å². The molecule has 1 fully saturated rings. The molecule has 2 aliphatic rings. The molecule has 0 aliphatic heterocycles. The molecule has 2 aromatic heterocycles. The number of rotatable bonds is 5. The van der Waals surface area contributed by atoms with E-state index in [4.69, 9.17) is 9.97 Å². The van der Waals surface area contributed by atoms with Crippen molar-refractivity contribution < 1.29 is 5.11 Å². The SMILES string of the molecule is O[C@@H]1CCCC[C@H]1Nc1nc2ccc(Cn3cnc4cc(C5=CCCCC5)ccc43)cc2s1. The molecular weight excluding hydrogens is 428 g/mol. The molecule has 0 saturated heterocycles. The van der Waals surface area contributed by atoms with Crippen molar-refractivity contribution >= 4 is 43.3 Å². The number of aliphatic hydroxyl groups excluding tert-OH is 1. The molecule has 0 radical (unpaired) electrons. The van der Waals surface area contributed by atoms with Gasteiger partial charge in [0.25, 0.3) is 0 Å². The van der Waals surface area contributed by atoms with E-state index in [0.717, 1.165) is 42.0 Å². The van der Waals surface area contributed by atoms with E-state index < -0.39 is 0 Å². The molecular formula is C27H30N4OS. The first-order valence-corrected chi connectivity index (χ1v) is 13.0. The molecule has 2 aliphatic carbocycles. The summed E-state index contributed by atoms with van der Waals surface area (Å²) >= 11 is 1.68. The average Bonchev–Trinajstić information content (AvgIpc) is 3.44. The smallest absolute Gasteiger partial charge is 0.184 e. The van der Waals surface area contributed by atoms with Crippen LogP contribution >= 0.6 is 11.3 Å². The van der Waals surface area contributed by atoms with Gasteiger partial charge in [-0.15, -0.1) is 0 Å². The van der Waals surface area contributed by atoms with Gasteiger partial charge < -0.3 is 15.0 Å². The lowest BCUT2D eigenvalue weighted by atomic mass is 9.93. The van der Waals surface area contributed by atoms with Crippen LogP contribution in [0.4, 0.5) is 5.13 Å². The van der Waals surface area contributed by atoms with Crippen molar-refractivity contribution in [2.24, 2.45) is 0 Å². The second kappa shape index (κ2) is 8.92. The highest BCUT2D eigenvalue weighted by Crippen LogP contribution is 2.31. The minimum atomic E-state index is -0.272. The van der Waals surface area contributed by atoms with Crippen LogP contribution in [0.1, 0.15) is 62.5 Å². The van der Waals surface area contributed by atoms with Crippen LogP contribution in [-0.2, 0) is 6.54 Å². The van der Waals surface area contributed by atoms with Gasteiger partial charge in [-0.3, -0.25) is 0 Å². The summed E-state index contributed by atoms with van der Waals surface area (Å²) in [5, 5.41) is 14.7. The Morgan fingerprint density at radius 3 is 2.85 bits per heavy atom. The fourth-order valence-corrected chi connectivity index (χ4v) is 6.25. The molecule has 33 heavy (non-hydrogen) atoms. The molecule has 6 heteroatoms. The molecule has 2 heterocycles. The van der Waals surface area contributed by atoms with Crippen LogP contribution < -0.4 is 5.32 Å². The van der Waals surface area contributed by atoms with Crippen LogP contribution in [0.2, 0.25) is 0 Å². The fourth-order valence-electron chi connectivity index (χ4n) is 5.25. The summed E-state index contributed by atoms with van der Waals surface area (Å²) in [6.07, 6.45) is 13.2. The number of allylic oxidation sites excluding steroid dienone is 2. The number of benzene rings is 2. The van der Waals surface area contributed by atoms with Gasteiger partial charge in [0.05, 0.1) is 39.7 Å². The molecule has 0 spiro atoms. The number of anilines is 1. The minimum absolute atomic E-state index is 0.116. The second-order valence-corrected chi connectivity index (χ2v) is 10.5. The van der Waals surface area contributed by atoms with E-state index >= 15 is 0 Å². The third-order valence-electron chi connectivity index (χ3n) is 7.13. The summed E-state index contributed by atoms with van der Waals surface area (Å²) in [5.74, 6) is 0. The molecule has 1 saturated carbocycles. The zero-order valence-corrected chi connectivity index (χ0v) is 19.7. The predicted octanol–water partition coefficient (Wildman–Crippen LogP) is 6.37. The largest absolute Gasteiger partial charge is 0.391 e. The highest BCUT2D eigenvalue weighted by molar-refractivity contribution is 7.22. The summed E-state index contributed by atoms with van der Waals surface area (Å²) in [4.78, 5) is 9.46. The number of nitrogens with zero attached hydrogens (tertiary/aromatic N) is 3. The third-order valence-corrected chi connectivity index (χ3v) is 8.08. The van der Waals surface area contributed by atoms with Gasteiger partial charge in [0, 0.05) is 6.54 Å². The van der Waals surface area contributed by atoms with Gasteiger partial charge in [-0.2, -0.15) is 0 Å². The fraction of sp³-hybridized carbons (Fsp3) is 0.407. The number of thiazole rings is 1. The number of aliphatic hydroxyl groups is 1. The van der Waals surface area contributed by atoms with Crippen LogP contribution in [0, 0.1) is 0 Å². The molecule has 0 amide bonds.